The molecule has 114 valence electrons. The monoisotopic (exact) mass is 315 g/mol. The van der Waals surface area contributed by atoms with Gasteiger partial charge in [-0.3, -0.25) is 9.78 Å². The number of aliphatic hydroxyl groups excluding tert-OH is 3. The smallest absolute Gasteiger partial charge is 0.306 e. The van der Waals surface area contributed by atoms with E-state index in [1.54, 1.807) is 0 Å². The maximum Gasteiger partial charge on any atom is 0.306 e. The van der Waals surface area contributed by atoms with Crippen LogP contribution in [0, 0.1) is 0 Å². The van der Waals surface area contributed by atoms with Crippen molar-refractivity contribution >= 4 is 21.7 Å². The van der Waals surface area contributed by atoms with E-state index in [0.29, 0.717) is 4.70 Å². The molecule has 1 fully saturated rings. The molecule has 0 radical (unpaired) electrons. The van der Waals surface area contributed by atoms with E-state index in [9.17, 15) is 15.0 Å². The Balaban J connectivity index is 2.06. The molecule has 4 N–H and O–H groups in total. The largest absolute Gasteiger partial charge is 0.480 e. The second-order valence-corrected chi connectivity index (χ2v) is 5.53. The minimum atomic E-state index is -1.28. The van der Waals surface area contributed by atoms with Gasteiger partial charge in [-0.2, -0.15) is 4.98 Å². The van der Waals surface area contributed by atoms with Gasteiger partial charge in [0.15, 0.2) is 11.5 Å². The van der Waals surface area contributed by atoms with Crippen molar-refractivity contribution in [2.75, 3.05) is 13.7 Å². The Labute approximate surface area is 121 Å². The molecule has 10 heteroatoms. The van der Waals surface area contributed by atoms with Gasteiger partial charge in [-0.1, -0.05) is 11.3 Å². The van der Waals surface area contributed by atoms with Gasteiger partial charge >= 0.3 is 4.87 Å². The van der Waals surface area contributed by atoms with Crippen LogP contribution in [-0.4, -0.2) is 62.3 Å². The third-order valence-electron chi connectivity index (χ3n) is 3.26. The van der Waals surface area contributed by atoms with Gasteiger partial charge in [0.1, 0.15) is 29.1 Å². The molecule has 21 heavy (non-hydrogen) atoms. The molecule has 4 atom stereocenters. The van der Waals surface area contributed by atoms with E-state index in [2.05, 4.69) is 15.0 Å². The molecule has 2 aromatic heterocycles. The molecule has 0 aliphatic carbocycles. The van der Waals surface area contributed by atoms with E-state index in [-0.39, 0.29) is 22.2 Å². The molecule has 1 aliphatic heterocycles. The van der Waals surface area contributed by atoms with Gasteiger partial charge in [0, 0.05) is 0 Å². The predicted octanol–water partition coefficient (Wildman–Crippen LogP) is -1.46. The number of thiazole rings is 1. The van der Waals surface area contributed by atoms with Crippen LogP contribution >= 0.6 is 11.3 Å². The van der Waals surface area contributed by atoms with Crippen molar-refractivity contribution in [1.29, 1.82) is 0 Å². The van der Waals surface area contributed by atoms with Crippen LogP contribution in [0.1, 0.15) is 11.9 Å². The fourth-order valence-corrected chi connectivity index (χ4v) is 2.96. The fraction of sp³-hybridized carbons (Fsp3) is 0.545. The Bertz CT molecular complexity index is 716. The van der Waals surface area contributed by atoms with E-state index in [4.69, 9.17) is 14.6 Å². The van der Waals surface area contributed by atoms with Crippen LogP contribution in [0.15, 0.2) is 4.79 Å². The zero-order chi connectivity index (χ0) is 15.1. The summed E-state index contributed by atoms with van der Waals surface area (Å²) in [7, 11) is 1.40. The van der Waals surface area contributed by atoms with Gasteiger partial charge in [-0.05, 0) is 0 Å². The molecule has 1 saturated heterocycles. The summed E-state index contributed by atoms with van der Waals surface area (Å²) < 4.78 is 10.9. The second kappa shape index (κ2) is 5.31. The number of rotatable bonds is 3. The van der Waals surface area contributed by atoms with Crippen LogP contribution in [0.3, 0.4) is 0 Å². The third-order valence-corrected chi connectivity index (χ3v) is 4.12. The van der Waals surface area contributed by atoms with Crippen LogP contribution in [0.25, 0.3) is 10.3 Å². The molecular weight excluding hydrogens is 302 g/mol. The zero-order valence-corrected chi connectivity index (χ0v) is 11.7. The van der Waals surface area contributed by atoms with Gasteiger partial charge in [0.05, 0.1) is 13.7 Å². The Kier molecular flexibility index (Phi) is 3.63. The predicted molar refractivity (Wildman–Crippen MR) is 71.3 cm³/mol. The van der Waals surface area contributed by atoms with E-state index in [1.165, 1.54) is 7.11 Å². The summed E-state index contributed by atoms with van der Waals surface area (Å²) in [6.07, 6.45) is -4.46. The minimum absolute atomic E-state index is 0.0656. The number of hydrogen-bond acceptors (Lipinski definition) is 9. The summed E-state index contributed by atoms with van der Waals surface area (Å²) in [5.74, 6) is 0.243. The first kappa shape index (κ1) is 14.4. The molecule has 9 nitrogen and oxygen atoms in total. The maximum absolute atomic E-state index is 11.4. The number of H-pyrrole nitrogens is 1. The van der Waals surface area contributed by atoms with Crippen molar-refractivity contribution in [3.05, 3.63) is 15.5 Å². The first-order chi connectivity index (χ1) is 10.0. The van der Waals surface area contributed by atoms with E-state index < -0.39 is 31.0 Å². The Morgan fingerprint density at radius 3 is 2.76 bits per heavy atom. The van der Waals surface area contributed by atoms with Crippen LogP contribution in [0.2, 0.25) is 0 Å². The third kappa shape index (κ3) is 2.30. The number of ether oxygens (including phenoxy) is 2. The molecule has 2 aromatic rings. The van der Waals surface area contributed by atoms with Gasteiger partial charge < -0.3 is 24.8 Å². The number of aliphatic hydroxyl groups is 3. The standard InChI is InChI=1S/C11H13N3O6S/c1-19-10-7-9(14-11(18)21-7)12-8(13-10)6-5(17)4(16)3(2-15)20-6/h3-6,15-17H,2H2,1H3,(H,12,13,14,18)/t3-,4-,5-,6-/m1/s1. The average Bonchev–Trinajstić information content (AvgIpc) is 2.98. The number of methoxy groups -OCH3 is 1. The lowest BCUT2D eigenvalue weighted by atomic mass is 10.1. The van der Waals surface area contributed by atoms with Crippen molar-refractivity contribution in [2.24, 2.45) is 0 Å². The lowest BCUT2D eigenvalue weighted by Crippen LogP contribution is -2.32. The number of fused-ring (bicyclic) bond motifs is 1. The van der Waals surface area contributed by atoms with Gasteiger partial charge in [-0.25, -0.2) is 4.98 Å². The first-order valence-electron chi connectivity index (χ1n) is 6.12. The lowest BCUT2D eigenvalue weighted by molar-refractivity contribution is -0.0253. The summed E-state index contributed by atoms with van der Waals surface area (Å²) in [5.41, 5.74) is 0.268. The first-order valence-corrected chi connectivity index (χ1v) is 6.94. The topological polar surface area (TPSA) is 138 Å². The highest BCUT2D eigenvalue weighted by Crippen LogP contribution is 2.34. The highest BCUT2D eigenvalue weighted by molar-refractivity contribution is 7.16. The van der Waals surface area contributed by atoms with Crippen molar-refractivity contribution in [1.82, 2.24) is 15.0 Å². The summed E-state index contributed by atoms with van der Waals surface area (Å²) in [6, 6.07) is 0. The van der Waals surface area contributed by atoms with Crippen molar-refractivity contribution in [3.8, 4) is 5.88 Å². The fourth-order valence-electron chi connectivity index (χ4n) is 2.22. The summed E-state index contributed by atoms with van der Waals surface area (Å²) in [4.78, 5) is 21.8. The number of aromatic amines is 1. The number of hydrogen-bond donors (Lipinski definition) is 4. The molecule has 0 amide bonds. The highest BCUT2D eigenvalue weighted by atomic mass is 32.1. The second-order valence-electron chi connectivity index (χ2n) is 4.54. The van der Waals surface area contributed by atoms with Gasteiger partial charge in [-0.15, -0.1) is 0 Å². The zero-order valence-electron chi connectivity index (χ0n) is 10.9. The summed E-state index contributed by atoms with van der Waals surface area (Å²) in [6.45, 7) is -0.441. The molecule has 0 spiro atoms. The minimum Gasteiger partial charge on any atom is -0.480 e. The van der Waals surface area contributed by atoms with Crippen LogP contribution in [0.5, 0.6) is 5.88 Å². The van der Waals surface area contributed by atoms with Crippen LogP contribution < -0.4 is 9.61 Å². The number of nitrogens with one attached hydrogen (secondary N) is 1. The quantitative estimate of drug-likeness (QED) is 0.539. The van der Waals surface area contributed by atoms with Crippen LogP contribution in [0.4, 0.5) is 0 Å². The highest BCUT2D eigenvalue weighted by Gasteiger charge is 2.44. The molecule has 0 aromatic carbocycles. The van der Waals surface area contributed by atoms with Gasteiger partial charge in [0.25, 0.3) is 0 Å². The summed E-state index contributed by atoms with van der Waals surface area (Å²) >= 11 is 0.907. The lowest BCUT2D eigenvalue weighted by Gasteiger charge is -2.13. The molecule has 0 saturated carbocycles. The Morgan fingerprint density at radius 2 is 2.14 bits per heavy atom. The van der Waals surface area contributed by atoms with E-state index in [1.807, 2.05) is 0 Å². The molecule has 3 heterocycles. The summed E-state index contributed by atoms with van der Waals surface area (Å²) in [5, 5.41) is 28.8. The van der Waals surface area contributed by atoms with Gasteiger partial charge in [0.2, 0.25) is 5.88 Å². The molecule has 0 bridgehead atoms. The molecule has 0 unspecified atom stereocenters. The van der Waals surface area contributed by atoms with Crippen molar-refractivity contribution in [3.63, 3.8) is 0 Å². The number of aromatic nitrogens is 3. The molecular formula is C11H13N3O6S. The Hall–Kier alpha value is -1.59. The molecule has 3 rings (SSSR count). The van der Waals surface area contributed by atoms with Crippen LogP contribution in [-0.2, 0) is 4.74 Å². The molecule has 1 aliphatic rings. The van der Waals surface area contributed by atoms with E-state index >= 15 is 0 Å². The van der Waals surface area contributed by atoms with Crippen molar-refractivity contribution < 1.29 is 24.8 Å². The van der Waals surface area contributed by atoms with Crippen molar-refractivity contribution in [2.45, 2.75) is 24.4 Å². The average molecular weight is 315 g/mol. The maximum atomic E-state index is 11.4. The SMILES string of the molecule is COc1nc([C@@H]2O[C@H](CO)[C@@H](O)[C@H]2O)nc2[nH]c(=O)sc12. The van der Waals surface area contributed by atoms with E-state index in [0.717, 1.165) is 11.3 Å². The normalized spacial score (nSPS) is 29.1. The number of nitrogens with zero attached hydrogens (tertiary/aromatic N) is 2. The Morgan fingerprint density at radius 1 is 1.38 bits per heavy atom.